The molecule has 1 heterocycles. The summed E-state index contributed by atoms with van der Waals surface area (Å²) in [6.45, 7) is 3.63. The van der Waals surface area contributed by atoms with Gasteiger partial charge >= 0.3 is 0 Å². The first-order valence-corrected chi connectivity index (χ1v) is 8.62. The first-order valence-electron chi connectivity index (χ1n) is 7.48. The van der Waals surface area contributed by atoms with Crippen molar-refractivity contribution in [2.45, 2.75) is 13.8 Å². The number of halogens is 3. The van der Waals surface area contributed by atoms with E-state index in [-0.39, 0.29) is 5.91 Å². The minimum Gasteiger partial charge on any atom is -0.461 e. The van der Waals surface area contributed by atoms with Gasteiger partial charge in [0.1, 0.15) is 11.5 Å². The van der Waals surface area contributed by atoms with Crippen molar-refractivity contribution in [3.05, 3.63) is 74.4 Å². The number of nitrogens with one attached hydrogen (secondary N) is 1. The van der Waals surface area contributed by atoms with Gasteiger partial charge in [0, 0.05) is 16.3 Å². The number of anilines is 1. The van der Waals surface area contributed by atoms with Crippen molar-refractivity contribution in [3.8, 4) is 11.3 Å². The van der Waals surface area contributed by atoms with Crippen molar-refractivity contribution in [1.82, 2.24) is 0 Å². The summed E-state index contributed by atoms with van der Waals surface area (Å²) in [5.41, 5.74) is 2.76. The van der Waals surface area contributed by atoms with Crippen molar-refractivity contribution in [2.75, 3.05) is 5.32 Å². The number of amides is 1. The maximum atomic E-state index is 12.5. The third-order valence-electron chi connectivity index (χ3n) is 3.80. The molecule has 0 aliphatic heterocycles. The number of furan rings is 1. The Labute approximate surface area is 160 Å². The maximum Gasteiger partial charge on any atom is 0.259 e. The summed E-state index contributed by atoms with van der Waals surface area (Å²) in [6.07, 6.45) is 0. The van der Waals surface area contributed by atoms with Crippen LogP contribution in [0.1, 0.15) is 21.7 Å². The largest absolute Gasteiger partial charge is 0.461 e. The molecule has 0 unspecified atom stereocenters. The fourth-order valence-electron chi connectivity index (χ4n) is 2.37. The third-order valence-corrected chi connectivity index (χ3v) is 4.94. The van der Waals surface area contributed by atoms with Crippen LogP contribution in [-0.4, -0.2) is 5.91 Å². The lowest BCUT2D eigenvalue weighted by molar-refractivity contribution is 0.102. The van der Waals surface area contributed by atoms with E-state index in [1.165, 1.54) is 0 Å². The fourth-order valence-corrected chi connectivity index (χ4v) is 2.85. The monoisotopic (exact) mass is 393 g/mol. The molecule has 3 rings (SSSR count). The SMILES string of the molecule is Cc1ccc(NC(=O)c2cc(-c3ccc(Cl)c(Cl)c3)oc2C)cc1Cl. The summed E-state index contributed by atoms with van der Waals surface area (Å²) < 4.78 is 5.71. The average Bonchev–Trinajstić information content (AvgIpc) is 2.95. The van der Waals surface area contributed by atoms with Gasteiger partial charge in [0.25, 0.3) is 5.91 Å². The van der Waals surface area contributed by atoms with Gasteiger partial charge in [-0.1, -0.05) is 40.9 Å². The second-order valence-corrected chi connectivity index (χ2v) is 6.85. The number of benzene rings is 2. The topological polar surface area (TPSA) is 42.2 Å². The highest BCUT2D eigenvalue weighted by molar-refractivity contribution is 6.42. The minimum atomic E-state index is -0.271. The van der Waals surface area contributed by atoms with Gasteiger partial charge < -0.3 is 9.73 Å². The molecule has 0 radical (unpaired) electrons. The molecular weight excluding hydrogens is 381 g/mol. The van der Waals surface area contributed by atoms with Gasteiger partial charge in [0.2, 0.25) is 0 Å². The Hall–Kier alpha value is -1.94. The van der Waals surface area contributed by atoms with Gasteiger partial charge in [0.15, 0.2) is 0 Å². The van der Waals surface area contributed by atoms with Gasteiger partial charge in [-0.15, -0.1) is 0 Å². The van der Waals surface area contributed by atoms with Gasteiger partial charge in [-0.3, -0.25) is 4.79 Å². The average molecular weight is 395 g/mol. The van der Waals surface area contributed by atoms with E-state index < -0.39 is 0 Å². The quantitative estimate of drug-likeness (QED) is 0.532. The number of hydrogen-bond donors (Lipinski definition) is 1. The lowest BCUT2D eigenvalue weighted by atomic mass is 10.1. The normalized spacial score (nSPS) is 10.8. The Bertz CT molecular complexity index is 963. The zero-order valence-electron chi connectivity index (χ0n) is 13.5. The summed E-state index contributed by atoms with van der Waals surface area (Å²) in [4.78, 5) is 12.5. The first kappa shape index (κ1) is 17.9. The molecule has 0 atom stereocenters. The van der Waals surface area contributed by atoms with Gasteiger partial charge in [-0.2, -0.15) is 0 Å². The molecule has 3 nitrogen and oxygen atoms in total. The minimum absolute atomic E-state index is 0.271. The summed E-state index contributed by atoms with van der Waals surface area (Å²) >= 11 is 18.1. The second kappa shape index (κ2) is 7.12. The molecule has 0 saturated carbocycles. The zero-order valence-corrected chi connectivity index (χ0v) is 15.8. The molecule has 3 aromatic rings. The Morgan fingerprint density at radius 3 is 2.36 bits per heavy atom. The lowest BCUT2D eigenvalue weighted by Crippen LogP contribution is -2.12. The Morgan fingerprint density at radius 2 is 1.68 bits per heavy atom. The Kier molecular flexibility index (Phi) is 5.09. The van der Waals surface area contributed by atoms with E-state index in [9.17, 15) is 4.79 Å². The summed E-state index contributed by atoms with van der Waals surface area (Å²) in [7, 11) is 0. The van der Waals surface area contributed by atoms with Crippen LogP contribution in [0.25, 0.3) is 11.3 Å². The van der Waals surface area contributed by atoms with Crippen LogP contribution in [0.3, 0.4) is 0 Å². The van der Waals surface area contributed by atoms with Gasteiger partial charge in [-0.05, 0) is 55.8 Å². The Morgan fingerprint density at radius 1 is 0.920 bits per heavy atom. The molecule has 128 valence electrons. The molecule has 0 fully saturated rings. The van der Waals surface area contributed by atoms with Gasteiger partial charge in [0.05, 0.1) is 15.6 Å². The van der Waals surface area contributed by atoms with Crippen LogP contribution < -0.4 is 5.32 Å². The highest BCUT2D eigenvalue weighted by atomic mass is 35.5. The highest BCUT2D eigenvalue weighted by Gasteiger charge is 2.17. The molecule has 2 aromatic carbocycles. The number of aryl methyl sites for hydroxylation is 2. The summed E-state index contributed by atoms with van der Waals surface area (Å²) in [5, 5.41) is 4.30. The van der Waals surface area contributed by atoms with E-state index in [2.05, 4.69) is 5.32 Å². The molecule has 0 aliphatic rings. The van der Waals surface area contributed by atoms with E-state index >= 15 is 0 Å². The van der Waals surface area contributed by atoms with Crippen molar-refractivity contribution in [3.63, 3.8) is 0 Å². The van der Waals surface area contributed by atoms with Crippen LogP contribution in [0.5, 0.6) is 0 Å². The maximum absolute atomic E-state index is 12.5. The molecule has 25 heavy (non-hydrogen) atoms. The Balaban J connectivity index is 1.87. The van der Waals surface area contributed by atoms with E-state index in [0.29, 0.717) is 37.8 Å². The van der Waals surface area contributed by atoms with Crippen LogP contribution in [0, 0.1) is 13.8 Å². The lowest BCUT2D eigenvalue weighted by Gasteiger charge is -2.06. The molecule has 1 N–H and O–H groups in total. The van der Waals surface area contributed by atoms with Crippen LogP contribution in [0.4, 0.5) is 5.69 Å². The number of carbonyl (C=O) groups is 1. The van der Waals surface area contributed by atoms with Crippen LogP contribution in [-0.2, 0) is 0 Å². The molecule has 0 bridgehead atoms. The molecule has 0 saturated heterocycles. The number of rotatable bonds is 3. The molecule has 1 aromatic heterocycles. The van der Waals surface area contributed by atoms with Crippen molar-refractivity contribution < 1.29 is 9.21 Å². The molecule has 6 heteroatoms. The summed E-state index contributed by atoms with van der Waals surface area (Å²) in [6, 6.07) is 12.2. The number of hydrogen-bond acceptors (Lipinski definition) is 2. The van der Waals surface area contributed by atoms with Crippen LogP contribution in [0.2, 0.25) is 15.1 Å². The predicted octanol–water partition coefficient (Wildman–Crippen LogP) is 6.78. The third kappa shape index (κ3) is 3.84. The summed E-state index contributed by atoms with van der Waals surface area (Å²) in [5.74, 6) is 0.785. The van der Waals surface area contributed by atoms with Crippen LogP contribution in [0.15, 0.2) is 46.9 Å². The first-order chi connectivity index (χ1) is 11.8. The van der Waals surface area contributed by atoms with Crippen molar-refractivity contribution >= 4 is 46.4 Å². The van der Waals surface area contributed by atoms with E-state index in [4.69, 9.17) is 39.2 Å². The molecular formula is C19H14Cl3NO2. The van der Waals surface area contributed by atoms with Gasteiger partial charge in [-0.25, -0.2) is 0 Å². The highest BCUT2D eigenvalue weighted by Crippen LogP contribution is 2.31. The van der Waals surface area contributed by atoms with E-state index in [0.717, 1.165) is 11.1 Å². The molecule has 0 aliphatic carbocycles. The fraction of sp³-hybridized carbons (Fsp3) is 0.105. The number of carbonyl (C=O) groups excluding carboxylic acids is 1. The molecule has 0 spiro atoms. The zero-order chi connectivity index (χ0) is 18.1. The van der Waals surface area contributed by atoms with Crippen LogP contribution >= 0.6 is 34.8 Å². The standard InChI is InChI=1S/C19H14Cl3NO2/c1-10-3-5-13(8-16(10)21)23-19(24)14-9-18(25-11(14)2)12-4-6-15(20)17(22)7-12/h3-9H,1-2H3,(H,23,24). The van der Waals surface area contributed by atoms with Crippen molar-refractivity contribution in [2.24, 2.45) is 0 Å². The van der Waals surface area contributed by atoms with E-state index in [1.54, 1.807) is 43.3 Å². The molecule has 1 amide bonds. The van der Waals surface area contributed by atoms with E-state index in [1.807, 2.05) is 13.0 Å². The smallest absolute Gasteiger partial charge is 0.259 e. The van der Waals surface area contributed by atoms with Crippen molar-refractivity contribution in [1.29, 1.82) is 0 Å². The predicted molar refractivity (Wildman–Crippen MR) is 103 cm³/mol. The second-order valence-electron chi connectivity index (χ2n) is 5.63.